The van der Waals surface area contributed by atoms with E-state index in [1.165, 1.54) is 0 Å². The highest BCUT2D eigenvalue weighted by atomic mass is 16.6. The first kappa shape index (κ1) is 24.2. The lowest BCUT2D eigenvalue weighted by atomic mass is 10.0. The zero-order valence-electron chi connectivity index (χ0n) is 18.6. The van der Waals surface area contributed by atoms with E-state index in [1.54, 1.807) is 9.80 Å². The summed E-state index contributed by atoms with van der Waals surface area (Å²) in [6.07, 6.45) is 1.30. The molecule has 1 fully saturated rings. The minimum atomic E-state index is -0.547. The van der Waals surface area contributed by atoms with Gasteiger partial charge in [0.25, 0.3) is 0 Å². The van der Waals surface area contributed by atoms with Gasteiger partial charge in [-0.15, -0.1) is 0 Å². The fraction of sp³-hybridized carbons (Fsp3) is 0.565. The zero-order chi connectivity index (χ0) is 22.9. The van der Waals surface area contributed by atoms with Gasteiger partial charge in [-0.2, -0.15) is 5.26 Å². The summed E-state index contributed by atoms with van der Waals surface area (Å²) in [4.78, 5) is 40.5. The van der Waals surface area contributed by atoms with Crippen molar-refractivity contribution in [3.63, 3.8) is 0 Å². The van der Waals surface area contributed by atoms with Gasteiger partial charge < -0.3 is 19.9 Å². The second-order valence-corrected chi connectivity index (χ2v) is 8.59. The van der Waals surface area contributed by atoms with Crippen LogP contribution in [0.3, 0.4) is 0 Å². The van der Waals surface area contributed by atoms with Crippen LogP contribution in [0.5, 0.6) is 0 Å². The summed E-state index contributed by atoms with van der Waals surface area (Å²) in [6.45, 7) is 6.81. The number of piperidine rings is 1. The zero-order valence-corrected chi connectivity index (χ0v) is 18.6. The molecule has 1 aliphatic heterocycles. The molecule has 2 rings (SSSR count). The molecule has 1 aliphatic rings. The molecule has 0 bridgehead atoms. The summed E-state index contributed by atoms with van der Waals surface area (Å²) in [6, 6.07) is 11.2. The Morgan fingerprint density at radius 1 is 1.16 bits per heavy atom. The normalized spacial score (nSPS) is 14.5. The monoisotopic (exact) mass is 428 g/mol. The van der Waals surface area contributed by atoms with Crippen molar-refractivity contribution in [3.8, 4) is 6.07 Å². The Hall–Kier alpha value is -3.08. The van der Waals surface area contributed by atoms with Crippen molar-refractivity contribution in [2.24, 2.45) is 0 Å². The quantitative estimate of drug-likeness (QED) is 0.718. The van der Waals surface area contributed by atoms with Gasteiger partial charge in [-0.25, -0.2) is 4.79 Å². The van der Waals surface area contributed by atoms with Crippen LogP contribution in [0.2, 0.25) is 0 Å². The van der Waals surface area contributed by atoms with Crippen molar-refractivity contribution in [1.82, 2.24) is 10.2 Å². The van der Waals surface area contributed by atoms with Gasteiger partial charge >= 0.3 is 6.09 Å². The molecule has 1 N–H and O–H groups in total. The SMILES string of the molecule is CC(C)(C)OC(=O)NC1CCN(C(=O)CCC(=O)N(CCC#N)c2ccccc2)CC1. The number of ether oxygens (including phenoxy) is 1. The molecule has 0 radical (unpaired) electrons. The largest absolute Gasteiger partial charge is 0.444 e. The first-order chi connectivity index (χ1) is 14.7. The maximum absolute atomic E-state index is 12.7. The summed E-state index contributed by atoms with van der Waals surface area (Å²) in [5.74, 6) is -0.242. The lowest BCUT2D eigenvalue weighted by Crippen LogP contribution is -2.47. The number of hydrogen-bond donors (Lipinski definition) is 1. The number of alkyl carbamates (subject to hydrolysis) is 1. The lowest BCUT2D eigenvalue weighted by Gasteiger charge is -2.33. The van der Waals surface area contributed by atoms with Gasteiger partial charge in [0.15, 0.2) is 0 Å². The number of rotatable bonds is 7. The second kappa shape index (κ2) is 11.3. The maximum Gasteiger partial charge on any atom is 0.407 e. The average molecular weight is 429 g/mol. The van der Waals surface area contributed by atoms with Crippen molar-refractivity contribution >= 4 is 23.6 Å². The summed E-state index contributed by atoms with van der Waals surface area (Å²) >= 11 is 0. The number of nitrogens with zero attached hydrogens (tertiary/aromatic N) is 3. The highest BCUT2D eigenvalue weighted by molar-refractivity contribution is 5.95. The minimum absolute atomic E-state index is 0.0277. The molecule has 0 aliphatic carbocycles. The number of carbonyl (C=O) groups is 3. The van der Waals surface area contributed by atoms with Crippen LogP contribution in [0.25, 0.3) is 0 Å². The highest BCUT2D eigenvalue weighted by Gasteiger charge is 2.26. The number of anilines is 1. The van der Waals surface area contributed by atoms with E-state index in [4.69, 9.17) is 10.00 Å². The Bertz CT molecular complexity index is 790. The molecule has 1 aromatic rings. The number of nitriles is 1. The molecule has 8 nitrogen and oxygen atoms in total. The van der Waals surface area contributed by atoms with Crippen LogP contribution in [-0.2, 0) is 14.3 Å². The van der Waals surface area contributed by atoms with E-state index >= 15 is 0 Å². The number of para-hydroxylation sites is 1. The third-order valence-corrected chi connectivity index (χ3v) is 4.94. The molecule has 8 heteroatoms. The highest BCUT2D eigenvalue weighted by Crippen LogP contribution is 2.17. The van der Waals surface area contributed by atoms with Gasteiger partial charge in [-0.3, -0.25) is 9.59 Å². The van der Waals surface area contributed by atoms with E-state index < -0.39 is 11.7 Å². The van der Waals surface area contributed by atoms with Crippen LogP contribution in [0.4, 0.5) is 10.5 Å². The van der Waals surface area contributed by atoms with Crippen molar-refractivity contribution < 1.29 is 19.1 Å². The van der Waals surface area contributed by atoms with Crippen LogP contribution in [0, 0.1) is 11.3 Å². The third-order valence-electron chi connectivity index (χ3n) is 4.94. The summed E-state index contributed by atoms with van der Waals surface area (Å²) < 4.78 is 5.27. The minimum Gasteiger partial charge on any atom is -0.444 e. The molecule has 1 saturated heterocycles. The van der Waals surface area contributed by atoms with E-state index in [-0.39, 0.29) is 37.1 Å². The fourth-order valence-corrected chi connectivity index (χ4v) is 3.42. The standard InChI is InChI=1S/C23H32N4O4/c1-23(2,3)31-22(30)25-18-12-16-26(17-13-18)20(28)10-11-21(29)27(15-7-14-24)19-8-5-4-6-9-19/h4-6,8-9,18H,7,10-13,15-17H2,1-3H3,(H,25,30). The van der Waals surface area contributed by atoms with Crippen molar-refractivity contribution in [2.75, 3.05) is 24.5 Å². The molecule has 1 heterocycles. The van der Waals surface area contributed by atoms with E-state index in [9.17, 15) is 14.4 Å². The number of amides is 3. The van der Waals surface area contributed by atoms with Gasteiger partial charge in [0.05, 0.1) is 12.5 Å². The van der Waals surface area contributed by atoms with Gasteiger partial charge in [0, 0.05) is 44.2 Å². The van der Waals surface area contributed by atoms with Gasteiger partial charge in [0.1, 0.15) is 5.60 Å². The smallest absolute Gasteiger partial charge is 0.407 e. The molecule has 1 aromatic carbocycles. The molecule has 0 saturated carbocycles. The van der Waals surface area contributed by atoms with Crippen LogP contribution in [0.1, 0.15) is 52.9 Å². The van der Waals surface area contributed by atoms with Crippen LogP contribution in [-0.4, -0.2) is 54.1 Å². The summed E-state index contributed by atoms with van der Waals surface area (Å²) in [5.41, 5.74) is 0.179. The predicted molar refractivity (Wildman–Crippen MR) is 117 cm³/mol. The molecule has 3 amide bonds. The predicted octanol–water partition coefficient (Wildman–Crippen LogP) is 3.23. The molecule has 0 unspecified atom stereocenters. The van der Waals surface area contributed by atoms with Gasteiger partial charge in [-0.05, 0) is 45.7 Å². The average Bonchev–Trinajstić information content (AvgIpc) is 2.72. The number of hydrogen-bond acceptors (Lipinski definition) is 5. The number of carbonyl (C=O) groups excluding carboxylic acids is 3. The Morgan fingerprint density at radius 3 is 2.39 bits per heavy atom. The second-order valence-electron chi connectivity index (χ2n) is 8.59. The molecular weight excluding hydrogens is 396 g/mol. The van der Waals surface area contributed by atoms with E-state index in [0.29, 0.717) is 32.5 Å². The van der Waals surface area contributed by atoms with Gasteiger partial charge in [-0.1, -0.05) is 18.2 Å². The molecule has 0 aromatic heterocycles. The maximum atomic E-state index is 12.7. The first-order valence-corrected chi connectivity index (χ1v) is 10.7. The van der Waals surface area contributed by atoms with Gasteiger partial charge in [0.2, 0.25) is 11.8 Å². The third kappa shape index (κ3) is 8.28. The van der Waals surface area contributed by atoms with E-state index in [0.717, 1.165) is 5.69 Å². The molecule has 168 valence electrons. The topological polar surface area (TPSA) is 103 Å². The first-order valence-electron chi connectivity index (χ1n) is 10.7. The van der Waals surface area contributed by atoms with E-state index in [2.05, 4.69) is 11.4 Å². The molecule has 0 atom stereocenters. The Labute approximate surface area is 184 Å². The number of benzene rings is 1. The molecule has 31 heavy (non-hydrogen) atoms. The van der Waals surface area contributed by atoms with Crippen LogP contribution < -0.4 is 10.2 Å². The molecule has 0 spiro atoms. The van der Waals surface area contributed by atoms with E-state index in [1.807, 2.05) is 51.1 Å². The van der Waals surface area contributed by atoms with Crippen molar-refractivity contribution in [3.05, 3.63) is 30.3 Å². The van der Waals surface area contributed by atoms with Crippen LogP contribution >= 0.6 is 0 Å². The number of likely N-dealkylation sites (tertiary alicyclic amines) is 1. The van der Waals surface area contributed by atoms with Crippen molar-refractivity contribution in [1.29, 1.82) is 5.26 Å². The Balaban J connectivity index is 1.80. The van der Waals surface area contributed by atoms with Crippen LogP contribution in [0.15, 0.2) is 30.3 Å². The Morgan fingerprint density at radius 2 is 1.81 bits per heavy atom. The lowest BCUT2D eigenvalue weighted by molar-refractivity contribution is -0.134. The van der Waals surface area contributed by atoms with Crippen molar-refractivity contribution in [2.45, 2.75) is 64.5 Å². The number of nitrogens with one attached hydrogen (secondary N) is 1. The summed E-state index contributed by atoms with van der Waals surface area (Å²) in [7, 11) is 0. The Kier molecular flexibility index (Phi) is 8.86. The molecular formula is C23H32N4O4. The summed E-state index contributed by atoms with van der Waals surface area (Å²) in [5, 5.41) is 11.7. The fourth-order valence-electron chi connectivity index (χ4n) is 3.42.